The SMILES string of the molecule is CC.CC.CC.CC.CC.CC.CC.CC.CC.CC.CC.CC.CC.CC.CC.CC.CC.CC.Cc1ccccc1.Cc1ncncn1.Cn1cccn1.Cn1ccnc1.[CH3-].[CH3-].[CH3-].[CH3-].[CH3-].[CH3-].[CH3-].[CH3-].[CH3-].[CH3-].[CH3-].[Y].[Y].[Y].[Y].[Y].[Y].[Y].[Y].[Y].[Y].[Y].c1ccc2ccccc2c1.c1ccc2cnccc2c1.c1ccc2ncccc2c1.c1ccncc1.c1ccoc1.c1ccsc1.c1cncnc1. The zero-order valence-corrected chi connectivity index (χ0v) is 130. The third-order valence-corrected chi connectivity index (χ3v) is 10.1. The zero-order chi connectivity index (χ0) is 91.0. The molecule has 0 bridgehead atoms. The molecule has 0 saturated heterocycles. The summed E-state index contributed by atoms with van der Waals surface area (Å²) in [6, 6.07) is 66.3. The number of benzene rings is 5. The van der Waals surface area contributed by atoms with E-state index in [0.717, 1.165) is 11.3 Å². The summed E-state index contributed by atoms with van der Waals surface area (Å²) in [5.41, 5.74) is 2.38. The number of fused-ring (bicyclic) bond motifs is 3. The molecular formula is C111H205N12OSY11-11. The predicted molar refractivity (Wildman–Crippen MR) is 594 cm³/mol. The van der Waals surface area contributed by atoms with Gasteiger partial charge in [0.25, 0.3) is 0 Å². The number of furan rings is 1. The van der Waals surface area contributed by atoms with Crippen molar-refractivity contribution >= 4 is 43.8 Å². The fourth-order valence-corrected chi connectivity index (χ4v) is 6.15. The van der Waals surface area contributed by atoms with E-state index in [0.29, 0.717) is 0 Å². The third kappa shape index (κ3) is 212. The Morgan fingerprint density at radius 1 is 0.235 bits per heavy atom. The molecular weight excluding hydrogens is 2530 g/mol. The molecule has 13 nitrogen and oxygen atoms in total. The second kappa shape index (κ2) is 275. The number of pyridine rings is 3. The first-order valence-corrected chi connectivity index (χ1v) is 43.4. The Balaban J connectivity index is -0.0000000217. The van der Waals surface area contributed by atoms with Gasteiger partial charge in [0.15, 0.2) is 0 Å². The van der Waals surface area contributed by atoms with Crippen LogP contribution in [0.2, 0.25) is 0 Å². The monoisotopic (exact) mass is 2730 g/mol. The maximum absolute atomic E-state index is 4.58. The molecule has 9 heterocycles. The van der Waals surface area contributed by atoms with Gasteiger partial charge in [-0.05, 0) is 101 Å². The van der Waals surface area contributed by atoms with Crippen molar-refractivity contribution in [2.24, 2.45) is 14.1 Å². The van der Waals surface area contributed by atoms with Crippen LogP contribution in [0.3, 0.4) is 0 Å². The molecule has 0 atom stereocenters. The van der Waals surface area contributed by atoms with Crippen LogP contribution in [0.4, 0.5) is 0 Å². The summed E-state index contributed by atoms with van der Waals surface area (Å²) in [5, 5.41) is 14.2. The number of aromatic nitrogens is 12. The average molecular weight is 2730 g/mol. The van der Waals surface area contributed by atoms with Crippen LogP contribution in [-0.4, -0.2) is 59.2 Å². The number of hydrogen-bond acceptors (Lipinski definition) is 12. The van der Waals surface area contributed by atoms with E-state index >= 15 is 0 Å². The Hall–Kier alpha value is 1.96. The minimum atomic E-state index is 0. The van der Waals surface area contributed by atoms with Gasteiger partial charge in [0, 0.05) is 447 Å². The van der Waals surface area contributed by atoms with Crippen molar-refractivity contribution < 1.29 is 364 Å². The number of thiophene rings is 1. The summed E-state index contributed by atoms with van der Waals surface area (Å²) in [4.78, 5) is 34.2. The van der Waals surface area contributed by atoms with Gasteiger partial charge in [-0.1, -0.05) is 400 Å². The second-order valence-electron chi connectivity index (χ2n) is 15.5. The van der Waals surface area contributed by atoms with E-state index in [1.807, 2.05) is 426 Å². The van der Waals surface area contributed by atoms with Gasteiger partial charge < -0.3 is 90.7 Å². The maximum Gasteiger partial charge on any atom is 0.128 e. The standard InChI is InChI=1S/C10H8.2C9H7N.C7H8.C5H5N.C4H5N3.2C4H6N2.C4H4N2.C4H4O.C4H4S.18C2H6.11CH3.11Y/c1-2-6-10-8-4-3-7-9(10)5-1;1-2-6-9-8(4-1)5-3-7-10-9;1-2-4-9-7-10-6-5-8(9)3-1;1-7-5-3-2-4-6-7;1-2-4-6-5-3-1;1-4-6-2-5-3-7-4;1-6-3-2-5-4-6;1-6-4-2-3-5-6;1-2-5-4-6-3-1;2*1-2-4-5-3-1;18*1-2;;;;;;;;;;;;;;;;;;;;;;/h1-8H;2*1-7H;2-6H,1H3;1-5H;2-3H,1H3;2*2-4H,1H3;1-4H;2*1-4H;18*1-2H3;11*1H3;;;;;;;;;;;/q;;;;;;;;;;;;;;;;;;;;;;;;;;;;;11*-1;;;;;;;;;;;. The Kier molecular flexibility index (Phi) is 513. The smallest absolute Gasteiger partial charge is 0.128 e. The van der Waals surface area contributed by atoms with Gasteiger partial charge in [-0.15, -0.1) is 0 Å². The molecule has 25 heteroatoms. The molecule has 14 rings (SSSR count). The first-order valence-electron chi connectivity index (χ1n) is 42.4. The van der Waals surface area contributed by atoms with Crippen molar-refractivity contribution in [3.8, 4) is 0 Å². The summed E-state index contributed by atoms with van der Waals surface area (Å²) >= 11 is 1.71. The maximum atomic E-state index is 4.58. The van der Waals surface area contributed by atoms with E-state index in [-0.39, 0.29) is 441 Å². The van der Waals surface area contributed by atoms with Gasteiger partial charge in [0.2, 0.25) is 0 Å². The molecule has 11 radical (unpaired) electrons. The molecule has 5 aromatic carbocycles. The zero-order valence-electron chi connectivity index (χ0n) is 97.6. The Labute approximate surface area is 1130 Å². The van der Waals surface area contributed by atoms with Crippen molar-refractivity contribution in [1.82, 2.24) is 59.2 Å². The summed E-state index contributed by atoms with van der Waals surface area (Å²) in [7, 11) is 3.83. The van der Waals surface area contributed by atoms with Gasteiger partial charge in [-0.25, -0.2) is 29.9 Å². The van der Waals surface area contributed by atoms with Gasteiger partial charge >= 0.3 is 0 Å². The summed E-state index contributed by atoms with van der Waals surface area (Å²) in [6.07, 6.45) is 29.1. The predicted octanol–water partition coefficient (Wildman–Crippen LogP) is 38.3. The van der Waals surface area contributed by atoms with Crippen LogP contribution in [0.15, 0.2) is 321 Å². The molecule has 0 aliphatic carbocycles. The van der Waals surface area contributed by atoms with Crippen LogP contribution >= 0.6 is 11.3 Å². The van der Waals surface area contributed by atoms with Gasteiger partial charge in [-0.3, -0.25) is 19.6 Å². The third-order valence-electron chi connectivity index (χ3n) is 9.45. The van der Waals surface area contributed by atoms with Crippen LogP contribution in [0.1, 0.15) is 261 Å². The van der Waals surface area contributed by atoms with Crippen molar-refractivity contribution in [2.45, 2.75) is 263 Å². The topological polar surface area (TPSA) is 152 Å². The van der Waals surface area contributed by atoms with E-state index in [4.69, 9.17) is 0 Å². The van der Waals surface area contributed by atoms with Crippen molar-refractivity contribution in [1.29, 1.82) is 0 Å². The molecule has 9 aromatic heterocycles. The number of rotatable bonds is 0. The molecule has 0 fully saturated rings. The number of aryl methyl sites for hydroxylation is 4. The normalized spacial score (nSPS) is 5.97. The fourth-order valence-electron chi connectivity index (χ4n) is 5.70. The molecule has 136 heavy (non-hydrogen) atoms. The molecule has 14 aromatic rings. The fraction of sp³-hybridized carbons (Fsp3) is 0.360. The van der Waals surface area contributed by atoms with Crippen molar-refractivity contribution in [3.05, 3.63) is 410 Å². The quantitative estimate of drug-likeness (QED) is 0.133. The van der Waals surface area contributed by atoms with Gasteiger partial charge in [0.1, 0.15) is 24.8 Å². The molecule has 0 aliphatic rings. The van der Waals surface area contributed by atoms with Crippen molar-refractivity contribution in [2.75, 3.05) is 0 Å². The van der Waals surface area contributed by atoms with E-state index in [1.165, 1.54) is 51.5 Å². The minimum absolute atomic E-state index is 0. The summed E-state index contributed by atoms with van der Waals surface area (Å²) in [6.45, 7) is 75.9. The van der Waals surface area contributed by atoms with Gasteiger partial charge in [0.05, 0.1) is 24.4 Å². The van der Waals surface area contributed by atoms with Crippen LogP contribution in [0.25, 0.3) is 32.4 Å². The number of hydrogen-bond donors (Lipinski definition) is 0. The number of imidazole rings is 1. The van der Waals surface area contributed by atoms with Crippen LogP contribution in [0, 0.1) is 95.5 Å². The molecule has 0 aliphatic heterocycles. The number of nitrogens with zero attached hydrogens (tertiary/aromatic N) is 12. The van der Waals surface area contributed by atoms with E-state index in [1.54, 1.807) is 78.1 Å². The average Bonchev–Trinajstić information content (AvgIpc) is 0.917. The van der Waals surface area contributed by atoms with Crippen molar-refractivity contribution in [3.63, 3.8) is 0 Å². The number of para-hydroxylation sites is 1. The molecule has 0 N–H and O–H groups in total. The van der Waals surface area contributed by atoms with E-state index in [2.05, 4.69) is 146 Å². The second-order valence-corrected chi connectivity index (χ2v) is 16.3. The Morgan fingerprint density at radius 3 is 0.750 bits per heavy atom. The molecule has 0 saturated carbocycles. The molecule has 765 valence electrons. The van der Waals surface area contributed by atoms with Gasteiger partial charge in [-0.2, -0.15) is 16.4 Å². The largest absolute Gasteiger partial charge is 0.473 e. The van der Waals surface area contributed by atoms with E-state index in [9.17, 15) is 0 Å². The van der Waals surface area contributed by atoms with Crippen LogP contribution in [0.5, 0.6) is 0 Å². The van der Waals surface area contributed by atoms with E-state index < -0.39 is 0 Å². The minimum Gasteiger partial charge on any atom is -0.473 e. The Bertz CT molecular complexity index is 2940. The summed E-state index contributed by atoms with van der Waals surface area (Å²) < 4.78 is 8.22. The first kappa shape index (κ1) is 254. The van der Waals surface area contributed by atoms with Crippen LogP contribution in [-0.2, 0) is 374 Å². The first-order chi connectivity index (χ1) is 56.5. The molecule has 0 unspecified atom stereocenters. The van der Waals surface area contributed by atoms with Crippen LogP contribution < -0.4 is 0 Å². The molecule has 0 amide bonds. The Morgan fingerprint density at radius 2 is 0.551 bits per heavy atom. The molecule has 0 spiro atoms. The summed E-state index contributed by atoms with van der Waals surface area (Å²) in [5.74, 6) is 0.759.